The number of halogens is 2. The molecule has 1 fully saturated rings. The highest BCUT2D eigenvalue weighted by Gasteiger charge is 2.21. The van der Waals surface area contributed by atoms with Gasteiger partial charge >= 0.3 is 5.97 Å². The van der Waals surface area contributed by atoms with Gasteiger partial charge in [0.1, 0.15) is 5.65 Å². The summed E-state index contributed by atoms with van der Waals surface area (Å²) in [5, 5.41) is 19.1. The third kappa shape index (κ3) is 7.60. The predicted octanol–water partition coefficient (Wildman–Crippen LogP) is 5.34. The van der Waals surface area contributed by atoms with Crippen LogP contribution in [0.25, 0.3) is 39.2 Å². The van der Waals surface area contributed by atoms with Gasteiger partial charge in [-0.2, -0.15) is 0 Å². The van der Waals surface area contributed by atoms with Gasteiger partial charge in [0.05, 0.1) is 29.3 Å². The maximum atomic E-state index is 13.1. The number of aliphatic carboxylic acids is 1. The summed E-state index contributed by atoms with van der Waals surface area (Å²) in [7, 11) is 1.58. The van der Waals surface area contributed by atoms with E-state index in [-0.39, 0.29) is 37.0 Å². The maximum absolute atomic E-state index is 13.1. The van der Waals surface area contributed by atoms with Crippen LogP contribution in [-0.2, 0) is 22.7 Å². The molecule has 0 radical (unpaired) electrons. The Hall–Kier alpha value is -4.81. The summed E-state index contributed by atoms with van der Waals surface area (Å²) in [6.07, 6.45) is 4.50. The number of benzene rings is 2. The number of methoxy groups -OCH3 is 1. The monoisotopic (exact) mass is 700 g/mol. The van der Waals surface area contributed by atoms with Crippen LogP contribution in [0.4, 0.5) is 0 Å². The second-order valence-corrected chi connectivity index (χ2v) is 12.4. The number of nitrogens with zero attached hydrogens (tertiary/aromatic N) is 3. The van der Waals surface area contributed by atoms with Gasteiger partial charge in [0.15, 0.2) is 0 Å². The number of pyridine rings is 2. The second kappa shape index (κ2) is 15.2. The zero-order chi connectivity index (χ0) is 34.5. The Morgan fingerprint density at radius 3 is 2.41 bits per heavy atom. The van der Waals surface area contributed by atoms with E-state index in [4.69, 9.17) is 38.0 Å². The zero-order valence-electron chi connectivity index (χ0n) is 26.6. The average Bonchev–Trinajstić information content (AvgIpc) is 3.52. The van der Waals surface area contributed by atoms with Gasteiger partial charge in [-0.3, -0.25) is 18.8 Å². The molecule has 2 aromatic carbocycles. The van der Waals surface area contributed by atoms with Crippen LogP contribution >= 0.6 is 23.2 Å². The number of hydrogen-bond acceptors (Lipinski definition) is 8. The Labute approximate surface area is 292 Å². The van der Waals surface area contributed by atoms with Crippen molar-refractivity contribution in [2.75, 3.05) is 20.2 Å². The van der Waals surface area contributed by atoms with Crippen LogP contribution in [0.15, 0.2) is 77.9 Å². The lowest BCUT2D eigenvalue weighted by Gasteiger charge is -2.16. The van der Waals surface area contributed by atoms with Gasteiger partial charge in [-0.15, -0.1) is 0 Å². The van der Waals surface area contributed by atoms with Crippen LogP contribution in [0.5, 0.6) is 5.88 Å². The minimum atomic E-state index is -0.910. The van der Waals surface area contributed by atoms with E-state index in [2.05, 4.69) is 20.9 Å². The number of rotatable bonds is 13. The molecule has 1 unspecified atom stereocenters. The van der Waals surface area contributed by atoms with Crippen molar-refractivity contribution in [3.05, 3.63) is 105 Å². The van der Waals surface area contributed by atoms with Crippen LogP contribution in [0, 0.1) is 0 Å². The molecule has 0 spiro atoms. The quantitative estimate of drug-likeness (QED) is 0.120. The summed E-state index contributed by atoms with van der Waals surface area (Å²) in [6.45, 7) is 1.65. The number of fused-ring (bicyclic) bond motifs is 1. The molecule has 6 rings (SSSR count). The van der Waals surface area contributed by atoms with Crippen LogP contribution in [-0.4, -0.2) is 57.6 Å². The van der Waals surface area contributed by atoms with E-state index in [1.54, 1.807) is 25.4 Å². The summed E-state index contributed by atoms with van der Waals surface area (Å²) in [5.74, 6) is -0.344. The molecule has 1 saturated heterocycles. The summed E-state index contributed by atoms with van der Waals surface area (Å²) in [6, 6.07) is 19.0. The highest BCUT2D eigenvalue weighted by molar-refractivity contribution is 6.39. The maximum Gasteiger partial charge on any atom is 0.304 e. The fourth-order valence-electron chi connectivity index (χ4n) is 5.86. The summed E-state index contributed by atoms with van der Waals surface area (Å²) in [5.41, 5.74) is 5.85. The molecular weight excluding hydrogens is 667 g/mol. The standard InChI is InChI=1S/C36H34Cl2N6O5/c1-49-35-22(17-40-20-24-9-11-31(45)42-24)8-10-29(43-35)28-7-3-6-27(34(28)38)26-5-2-4-25(33(26)37)21-13-15-44-30(16-21)41-19-23(36(44)48)18-39-14-12-32(46)47/h2-8,10,13,15-16,19,24,39-40H,9,11-12,14,17-18,20H2,1H3,(H,42,45)(H,46,47). The third-order valence-corrected chi connectivity index (χ3v) is 9.22. The molecular formula is C36H34Cl2N6O5. The minimum Gasteiger partial charge on any atom is -0.481 e. The zero-order valence-corrected chi connectivity index (χ0v) is 28.1. The number of aromatic nitrogens is 3. The number of hydrogen-bond donors (Lipinski definition) is 4. The topological polar surface area (TPSA) is 147 Å². The van der Waals surface area contributed by atoms with Crippen molar-refractivity contribution in [2.24, 2.45) is 0 Å². The first-order valence-corrected chi connectivity index (χ1v) is 16.5. The van der Waals surface area contributed by atoms with Gasteiger partial charge in [-0.25, -0.2) is 9.97 Å². The Balaban J connectivity index is 1.24. The smallest absolute Gasteiger partial charge is 0.304 e. The molecule has 5 aromatic rings. The normalized spacial score (nSPS) is 14.3. The molecule has 0 aliphatic carbocycles. The second-order valence-electron chi connectivity index (χ2n) is 11.7. The van der Waals surface area contributed by atoms with E-state index in [0.717, 1.165) is 39.8 Å². The number of carboxylic acid groups (broad SMARTS) is 1. The van der Waals surface area contributed by atoms with Gasteiger partial charge in [0.25, 0.3) is 5.56 Å². The van der Waals surface area contributed by atoms with Crippen LogP contribution in [0.2, 0.25) is 10.0 Å². The fourth-order valence-corrected chi connectivity index (χ4v) is 6.52. The van der Waals surface area contributed by atoms with E-state index < -0.39 is 5.97 Å². The molecule has 1 amide bonds. The fraction of sp³-hybridized carbons (Fsp3) is 0.250. The van der Waals surface area contributed by atoms with E-state index >= 15 is 0 Å². The first-order chi connectivity index (χ1) is 23.7. The Morgan fingerprint density at radius 2 is 1.69 bits per heavy atom. The molecule has 0 saturated carbocycles. The number of carboxylic acids is 1. The van der Waals surface area contributed by atoms with Crippen LogP contribution in [0.3, 0.4) is 0 Å². The molecule has 1 atom stereocenters. The van der Waals surface area contributed by atoms with Crippen molar-refractivity contribution < 1.29 is 19.4 Å². The lowest BCUT2D eigenvalue weighted by atomic mass is 9.97. The number of nitrogens with one attached hydrogen (secondary N) is 3. The molecule has 13 heteroatoms. The average molecular weight is 702 g/mol. The van der Waals surface area contributed by atoms with Crippen molar-refractivity contribution in [3.8, 4) is 39.4 Å². The summed E-state index contributed by atoms with van der Waals surface area (Å²) < 4.78 is 7.08. The molecule has 3 aromatic heterocycles. The molecule has 0 bridgehead atoms. The van der Waals surface area contributed by atoms with Gasteiger partial charge in [-0.1, -0.05) is 65.7 Å². The van der Waals surface area contributed by atoms with Crippen molar-refractivity contribution >= 4 is 40.7 Å². The summed E-state index contributed by atoms with van der Waals surface area (Å²) >= 11 is 14.1. The lowest BCUT2D eigenvalue weighted by Crippen LogP contribution is -2.35. The Kier molecular flexibility index (Phi) is 10.5. The third-order valence-electron chi connectivity index (χ3n) is 8.41. The lowest BCUT2D eigenvalue weighted by molar-refractivity contribution is -0.136. The van der Waals surface area contributed by atoms with Crippen LogP contribution < -0.4 is 26.2 Å². The van der Waals surface area contributed by atoms with E-state index in [1.807, 2.05) is 48.5 Å². The largest absolute Gasteiger partial charge is 0.481 e. The number of carbonyl (C=O) groups is 2. The number of ether oxygens (including phenoxy) is 1. The SMILES string of the molecule is COc1nc(-c2cccc(-c3cccc(-c4ccn5c(=O)c(CNCCC(=O)O)cnc5c4)c3Cl)c2Cl)ccc1CNCC1CCC(=O)N1. The molecule has 4 heterocycles. The first-order valence-electron chi connectivity index (χ1n) is 15.8. The van der Waals surface area contributed by atoms with Crippen molar-refractivity contribution in [1.29, 1.82) is 0 Å². The highest BCUT2D eigenvalue weighted by atomic mass is 35.5. The molecule has 252 valence electrons. The van der Waals surface area contributed by atoms with E-state index in [9.17, 15) is 14.4 Å². The highest BCUT2D eigenvalue weighted by Crippen LogP contribution is 2.42. The molecule has 1 aliphatic heterocycles. The Morgan fingerprint density at radius 1 is 0.980 bits per heavy atom. The van der Waals surface area contributed by atoms with Gasteiger partial charge in [0.2, 0.25) is 11.8 Å². The van der Waals surface area contributed by atoms with Gasteiger partial charge in [-0.05, 0) is 30.2 Å². The van der Waals surface area contributed by atoms with Crippen molar-refractivity contribution in [3.63, 3.8) is 0 Å². The van der Waals surface area contributed by atoms with Gasteiger partial charge in [0, 0.05) is 84.4 Å². The number of amides is 1. The van der Waals surface area contributed by atoms with Crippen LogP contribution in [0.1, 0.15) is 30.4 Å². The van der Waals surface area contributed by atoms with E-state index in [1.165, 1.54) is 10.6 Å². The summed E-state index contributed by atoms with van der Waals surface area (Å²) in [4.78, 5) is 44.6. The van der Waals surface area contributed by atoms with Gasteiger partial charge < -0.3 is 25.8 Å². The molecule has 49 heavy (non-hydrogen) atoms. The molecule has 11 nitrogen and oxygen atoms in total. The Bertz CT molecular complexity index is 2100. The minimum absolute atomic E-state index is 0.0392. The molecule has 4 N–H and O–H groups in total. The van der Waals surface area contributed by atoms with Crippen molar-refractivity contribution in [2.45, 2.75) is 38.4 Å². The first kappa shape index (κ1) is 34.1. The van der Waals surface area contributed by atoms with E-state index in [0.29, 0.717) is 52.3 Å². The predicted molar refractivity (Wildman–Crippen MR) is 189 cm³/mol. The molecule has 1 aliphatic rings. The number of carbonyl (C=O) groups excluding carboxylic acids is 1. The van der Waals surface area contributed by atoms with Crippen molar-refractivity contribution in [1.82, 2.24) is 30.3 Å².